The van der Waals surface area contributed by atoms with E-state index in [1.807, 2.05) is 17.5 Å². The minimum absolute atomic E-state index is 0.0332. The number of hydrogen-bond donors (Lipinski definition) is 1. The Hall–Kier alpha value is -3.40. The summed E-state index contributed by atoms with van der Waals surface area (Å²) in [6.07, 6.45) is 6.40. The van der Waals surface area contributed by atoms with E-state index in [1.165, 1.54) is 46.4 Å². The van der Waals surface area contributed by atoms with Gasteiger partial charge in [0.1, 0.15) is 0 Å². The molecule has 1 aliphatic carbocycles. The Kier molecular flexibility index (Phi) is 5.21. The van der Waals surface area contributed by atoms with E-state index in [1.54, 1.807) is 0 Å². The van der Waals surface area contributed by atoms with Crippen LogP contribution < -0.4 is 10.2 Å². The van der Waals surface area contributed by atoms with E-state index in [9.17, 15) is 4.79 Å². The Balaban J connectivity index is 1.08. The maximum absolute atomic E-state index is 12.9. The third kappa shape index (κ3) is 4.06. The van der Waals surface area contributed by atoms with E-state index in [0.29, 0.717) is 10.8 Å². The number of aromatic nitrogens is 6. The predicted molar refractivity (Wildman–Crippen MR) is 126 cm³/mol. The van der Waals surface area contributed by atoms with Gasteiger partial charge in [-0.2, -0.15) is 0 Å². The standard InChI is InChI=1S/C23H24N8OS/c32-22(16-9-11-30(12-10-16)21-8-7-20-26-28-29-31(20)27-21)25-23-24-19(14-33-23)18-6-5-15-3-1-2-4-17(15)13-18/h5-8,13-14,16H,1-4,9-12H2,(H,24,25,32). The van der Waals surface area contributed by atoms with Crippen LogP contribution in [0.3, 0.4) is 0 Å². The van der Waals surface area contributed by atoms with Gasteiger partial charge in [-0.25, -0.2) is 4.98 Å². The van der Waals surface area contributed by atoms with Gasteiger partial charge in [0.05, 0.1) is 5.69 Å². The number of thiazole rings is 1. The zero-order valence-corrected chi connectivity index (χ0v) is 19.0. The van der Waals surface area contributed by atoms with Crippen LogP contribution in [0.15, 0.2) is 35.7 Å². The minimum atomic E-state index is -0.0332. The number of amides is 1. The lowest BCUT2D eigenvalue weighted by atomic mass is 9.90. The number of rotatable bonds is 4. The zero-order valence-electron chi connectivity index (χ0n) is 18.1. The third-order valence-electron chi connectivity index (χ3n) is 6.62. The molecule has 0 atom stereocenters. The first-order chi connectivity index (χ1) is 16.2. The molecule has 6 rings (SSSR count). The molecule has 1 fully saturated rings. The van der Waals surface area contributed by atoms with Gasteiger partial charge in [-0.15, -0.1) is 26.2 Å². The molecule has 33 heavy (non-hydrogen) atoms. The molecule has 3 aromatic heterocycles. The molecule has 4 aromatic rings. The topological polar surface area (TPSA) is 101 Å². The molecule has 2 aliphatic rings. The highest BCUT2D eigenvalue weighted by Crippen LogP contribution is 2.30. The normalized spacial score (nSPS) is 16.7. The molecule has 1 aliphatic heterocycles. The maximum Gasteiger partial charge on any atom is 0.229 e. The fourth-order valence-electron chi connectivity index (χ4n) is 4.74. The van der Waals surface area contributed by atoms with Crippen LogP contribution in [0.4, 0.5) is 10.9 Å². The fourth-order valence-corrected chi connectivity index (χ4v) is 5.47. The highest BCUT2D eigenvalue weighted by molar-refractivity contribution is 7.14. The Labute approximate surface area is 194 Å². The van der Waals surface area contributed by atoms with Gasteiger partial charge in [-0.3, -0.25) is 4.79 Å². The van der Waals surface area contributed by atoms with Crippen LogP contribution in [-0.4, -0.2) is 49.2 Å². The van der Waals surface area contributed by atoms with Crippen molar-refractivity contribution in [3.8, 4) is 11.3 Å². The van der Waals surface area contributed by atoms with E-state index >= 15 is 0 Å². The molecule has 0 unspecified atom stereocenters. The molecule has 4 heterocycles. The molecule has 1 amide bonds. The van der Waals surface area contributed by atoms with E-state index < -0.39 is 0 Å². The van der Waals surface area contributed by atoms with Gasteiger partial charge in [0.15, 0.2) is 16.6 Å². The fraction of sp³-hybridized carbons (Fsp3) is 0.391. The Bertz CT molecular complexity index is 1310. The van der Waals surface area contributed by atoms with Crippen molar-refractivity contribution in [2.75, 3.05) is 23.3 Å². The lowest BCUT2D eigenvalue weighted by Gasteiger charge is -2.31. The number of anilines is 2. The van der Waals surface area contributed by atoms with Crippen LogP contribution in [0.5, 0.6) is 0 Å². The third-order valence-corrected chi connectivity index (χ3v) is 7.38. The first-order valence-corrected chi connectivity index (χ1v) is 12.3. The highest BCUT2D eigenvalue weighted by atomic mass is 32.1. The lowest BCUT2D eigenvalue weighted by molar-refractivity contribution is -0.120. The van der Waals surface area contributed by atoms with Crippen molar-refractivity contribution in [2.24, 2.45) is 5.92 Å². The van der Waals surface area contributed by atoms with Crippen LogP contribution in [0.25, 0.3) is 16.9 Å². The number of hydrogen-bond acceptors (Lipinski definition) is 8. The number of nitrogens with zero attached hydrogens (tertiary/aromatic N) is 7. The summed E-state index contributed by atoms with van der Waals surface area (Å²) in [7, 11) is 0. The van der Waals surface area contributed by atoms with Crippen LogP contribution in [0.2, 0.25) is 0 Å². The number of benzene rings is 1. The molecular weight excluding hydrogens is 436 g/mol. The molecule has 0 bridgehead atoms. The number of carbonyl (C=O) groups is 1. The van der Waals surface area contributed by atoms with Gasteiger partial charge in [0.2, 0.25) is 5.91 Å². The van der Waals surface area contributed by atoms with Gasteiger partial charge < -0.3 is 10.2 Å². The van der Waals surface area contributed by atoms with Gasteiger partial charge >= 0.3 is 0 Å². The largest absolute Gasteiger partial charge is 0.355 e. The van der Waals surface area contributed by atoms with Gasteiger partial charge in [0.25, 0.3) is 0 Å². The smallest absolute Gasteiger partial charge is 0.229 e. The Morgan fingerprint density at radius 2 is 1.91 bits per heavy atom. The van der Waals surface area contributed by atoms with Crippen LogP contribution in [-0.2, 0) is 17.6 Å². The summed E-state index contributed by atoms with van der Waals surface area (Å²) >= 11 is 1.49. The van der Waals surface area contributed by atoms with Gasteiger partial charge in [-0.1, -0.05) is 12.1 Å². The Morgan fingerprint density at radius 1 is 1.06 bits per heavy atom. The Morgan fingerprint density at radius 3 is 2.79 bits per heavy atom. The van der Waals surface area contributed by atoms with Crippen LogP contribution in [0, 0.1) is 5.92 Å². The molecule has 10 heteroatoms. The summed E-state index contributed by atoms with van der Waals surface area (Å²) in [5, 5.41) is 21.6. The van der Waals surface area contributed by atoms with Crippen molar-refractivity contribution in [2.45, 2.75) is 38.5 Å². The quantitative estimate of drug-likeness (QED) is 0.498. The second-order valence-corrected chi connectivity index (χ2v) is 9.56. The molecule has 0 saturated carbocycles. The first kappa shape index (κ1) is 20.2. The molecular formula is C23H24N8OS. The summed E-state index contributed by atoms with van der Waals surface area (Å²) in [5.41, 5.74) is 5.59. The van der Waals surface area contributed by atoms with Gasteiger partial charge in [-0.05, 0) is 78.3 Å². The predicted octanol–water partition coefficient (Wildman–Crippen LogP) is 3.38. The average Bonchev–Trinajstić information content (AvgIpc) is 3.53. The van der Waals surface area contributed by atoms with Crippen molar-refractivity contribution in [1.29, 1.82) is 0 Å². The van der Waals surface area contributed by atoms with E-state index in [4.69, 9.17) is 4.98 Å². The number of tetrazole rings is 1. The summed E-state index contributed by atoms with van der Waals surface area (Å²) < 4.78 is 1.43. The second kappa shape index (κ2) is 8.51. The van der Waals surface area contributed by atoms with Crippen LogP contribution in [0.1, 0.15) is 36.8 Å². The van der Waals surface area contributed by atoms with E-state index in [-0.39, 0.29) is 11.8 Å². The lowest BCUT2D eigenvalue weighted by Crippen LogP contribution is -2.38. The van der Waals surface area contributed by atoms with E-state index in [0.717, 1.165) is 49.4 Å². The molecule has 1 aromatic carbocycles. The van der Waals surface area contributed by atoms with Crippen molar-refractivity contribution >= 4 is 33.8 Å². The molecule has 1 saturated heterocycles. The van der Waals surface area contributed by atoms with Crippen molar-refractivity contribution < 1.29 is 4.79 Å². The minimum Gasteiger partial charge on any atom is -0.355 e. The van der Waals surface area contributed by atoms with Crippen molar-refractivity contribution in [3.63, 3.8) is 0 Å². The summed E-state index contributed by atoms with van der Waals surface area (Å²) in [4.78, 5) is 19.7. The maximum atomic E-state index is 12.9. The summed E-state index contributed by atoms with van der Waals surface area (Å²) in [5.74, 6) is 0.835. The monoisotopic (exact) mass is 460 g/mol. The molecule has 168 valence electrons. The second-order valence-electron chi connectivity index (χ2n) is 8.70. The number of fused-ring (bicyclic) bond motifs is 2. The molecule has 1 N–H and O–H groups in total. The van der Waals surface area contributed by atoms with E-state index in [2.05, 4.69) is 49.0 Å². The SMILES string of the molecule is O=C(Nc1nc(-c2ccc3c(c2)CCCC3)cs1)C1CCN(c2ccc3nnnn3n2)CC1. The zero-order chi connectivity index (χ0) is 22.2. The average molecular weight is 461 g/mol. The number of carbonyl (C=O) groups excluding carboxylic acids is 1. The summed E-state index contributed by atoms with van der Waals surface area (Å²) in [6.45, 7) is 1.52. The number of piperidine rings is 1. The first-order valence-electron chi connectivity index (χ1n) is 11.4. The van der Waals surface area contributed by atoms with Gasteiger partial charge in [0, 0.05) is 30.0 Å². The molecule has 0 spiro atoms. The highest BCUT2D eigenvalue weighted by Gasteiger charge is 2.26. The van der Waals surface area contributed by atoms with Crippen LogP contribution >= 0.6 is 11.3 Å². The number of aryl methyl sites for hydroxylation is 2. The molecule has 9 nitrogen and oxygen atoms in total. The summed E-state index contributed by atoms with van der Waals surface area (Å²) in [6, 6.07) is 10.4. The van der Waals surface area contributed by atoms with Crippen molar-refractivity contribution in [1.82, 2.24) is 30.2 Å². The molecule has 0 radical (unpaired) electrons. The number of nitrogens with one attached hydrogen (secondary N) is 1. The van der Waals surface area contributed by atoms with Crippen molar-refractivity contribution in [3.05, 3.63) is 46.8 Å².